The van der Waals surface area contributed by atoms with Crippen LogP contribution in [0.25, 0.3) is 0 Å². The molecule has 1 unspecified atom stereocenters. The maximum atomic E-state index is 5.16. The van der Waals surface area contributed by atoms with Crippen molar-refractivity contribution in [3.63, 3.8) is 0 Å². The predicted octanol–water partition coefficient (Wildman–Crippen LogP) is 4.47. The SMILES string of the molecule is COc1ccc(C(C)Nc2ccc(I)cc2)cc1. The summed E-state index contributed by atoms with van der Waals surface area (Å²) in [5, 5.41) is 3.48. The van der Waals surface area contributed by atoms with Crippen LogP contribution in [0.5, 0.6) is 5.75 Å². The lowest BCUT2D eigenvalue weighted by molar-refractivity contribution is 0.414. The normalized spacial score (nSPS) is 11.9. The highest BCUT2D eigenvalue weighted by Crippen LogP contribution is 2.22. The first-order valence-corrected chi connectivity index (χ1v) is 6.93. The summed E-state index contributed by atoms with van der Waals surface area (Å²) in [5.41, 5.74) is 2.38. The van der Waals surface area contributed by atoms with Gasteiger partial charge in [0, 0.05) is 15.3 Å². The van der Waals surface area contributed by atoms with Crippen LogP contribution < -0.4 is 10.1 Å². The molecule has 1 N–H and O–H groups in total. The van der Waals surface area contributed by atoms with Crippen molar-refractivity contribution in [1.82, 2.24) is 0 Å². The third-order valence-electron chi connectivity index (χ3n) is 2.84. The van der Waals surface area contributed by atoms with E-state index in [2.05, 4.69) is 71.2 Å². The van der Waals surface area contributed by atoms with Gasteiger partial charge in [-0.2, -0.15) is 0 Å². The Kier molecular flexibility index (Phi) is 4.47. The van der Waals surface area contributed by atoms with Crippen LogP contribution >= 0.6 is 22.6 Å². The maximum Gasteiger partial charge on any atom is 0.118 e. The standard InChI is InChI=1S/C15H16INO/c1-11(12-3-9-15(18-2)10-4-12)17-14-7-5-13(16)6-8-14/h3-11,17H,1-2H3. The molecule has 0 aliphatic rings. The largest absolute Gasteiger partial charge is 0.497 e. The number of anilines is 1. The van der Waals surface area contributed by atoms with Crippen molar-refractivity contribution < 1.29 is 4.74 Å². The quantitative estimate of drug-likeness (QED) is 0.819. The van der Waals surface area contributed by atoms with Gasteiger partial charge in [-0.25, -0.2) is 0 Å². The summed E-state index contributed by atoms with van der Waals surface area (Å²) in [6, 6.07) is 16.8. The average molecular weight is 353 g/mol. The number of halogens is 1. The Bertz CT molecular complexity index is 493. The molecule has 0 bridgehead atoms. The number of nitrogens with one attached hydrogen (secondary N) is 1. The topological polar surface area (TPSA) is 21.3 Å². The van der Waals surface area contributed by atoms with Gasteiger partial charge in [0.1, 0.15) is 5.75 Å². The molecule has 0 aromatic heterocycles. The van der Waals surface area contributed by atoms with E-state index in [9.17, 15) is 0 Å². The Balaban J connectivity index is 2.06. The molecular formula is C15H16INO. The van der Waals surface area contributed by atoms with E-state index in [1.807, 2.05) is 12.1 Å². The molecule has 0 saturated carbocycles. The first-order valence-electron chi connectivity index (χ1n) is 5.85. The zero-order valence-corrected chi connectivity index (χ0v) is 12.6. The van der Waals surface area contributed by atoms with E-state index in [0.717, 1.165) is 11.4 Å². The molecule has 2 aromatic rings. The summed E-state index contributed by atoms with van der Waals surface area (Å²) >= 11 is 2.31. The van der Waals surface area contributed by atoms with Crippen LogP contribution in [0.1, 0.15) is 18.5 Å². The molecule has 18 heavy (non-hydrogen) atoms. The van der Waals surface area contributed by atoms with E-state index in [1.165, 1.54) is 9.13 Å². The number of methoxy groups -OCH3 is 1. The Labute approximate surface area is 122 Å². The van der Waals surface area contributed by atoms with E-state index in [4.69, 9.17) is 4.74 Å². The number of hydrogen-bond acceptors (Lipinski definition) is 2. The van der Waals surface area contributed by atoms with Crippen molar-refractivity contribution in [1.29, 1.82) is 0 Å². The van der Waals surface area contributed by atoms with E-state index >= 15 is 0 Å². The molecule has 0 radical (unpaired) electrons. The molecular weight excluding hydrogens is 337 g/mol. The van der Waals surface area contributed by atoms with Gasteiger partial charge in [-0.3, -0.25) is 0 Å². The number of ether oxygens (including phenoxy) is 1. The fourth-order valence-corrected chi connectivity index (χ4v) is 2.13. The minimum absolute atomic E-state index is 0.274. The second-order valence-corrected chi connectivity index (χ2v) is 5.39. The fraction of sp³-hybridized carbons (Fsp3) is 0.200. The highest BCUT2D eigenvalue weighted by Gasteiger charge is 2.05. The molecule has 2 aromatic carbocycles. The molecule has 2 nitrogen and oxygen atoms in total. The lowest BCUT2D eigenvalue weighted by Crippen LogP contribution is -2.06. The second kappa shape index (κ2) is 6.09. The molecule has 2 rings (SSSR count). The van der Waals surface area contributed by atoms with Gasteiger partial charge < -0.3 is 10.1 Å². The Morgan fingerprint density at radius 3 is 2.17 bits per heavy atom. The van der Waals surface area contributed by atoms with Crippen LogP contribution in [0, 0.1) is 3.57 Å². The van der Waals surface area contributed by atoms with Crippen molar-refractivity contribution in [3.8, 4) is 5.75 Å². The van der Waals surface area contributed by atoms with Crippen LogP contribution in [0.3, 0.4) is 0 Å². The van der Waals surface area contributed by atoms with Gasteiger partial charge in [-0.15, -0.1) is 0 Å². The summed E-state index contributed by atoms with van der Waals surface area (Å²) in [7, 11) is 1.68. The third kappa shape index (κ3) is 3.38. The average Bonchev–Trinajstić information content (AvgIpc) is 2.41. The van der Waals surface area contributed by atoms with Crippen LogP contribution in [0.2, 0.25) is 0 Å². The van der Waals surface area contributed by atoms with Gasteiger partial charge in [0.25, 0.3) is 0 Å². The van der Waals surface area contributed by atoms with Gasteiger partial charge in [-0.1, -0.05) is 12.1 Å². The van der Waals surface area contributed by atoms with Gasteiger partial charge in [0.05, 0.1) is 7.11 Å². The summed E-state index contributed by atoms with van der Waals surface area (Å²) in [6.07, 6.45) is 0. The van der Waals surface area contributed by atoms with Crippen molar-refractivity contribution in [3.05, 3.63) is 57.7 Å². The number of benzene rings is 2. The van der Waals surface area contributed by atoms with Crippen molar-refractivity contribution in [2.45, 2.75) is 13.0 Å². The zero-order valence-electron chi connectivity index (χ0n) is 10.5. The van der Waals surface area contributed by atoms with Crippen LogP contribution in [-0.4, -0.2) is 7.11 Å². The third-order valence-corrected chi connectivity index (χ3v) is 3.56. The van der Waals surface area contributed by atoms with Crippen molar-refractivity contribution >= 4 is 28.3 Å². The summed E-state index contributed by atoms with van der Waals surface area (Å²) in [6.45, 7) is 2.15. The molecule has 0 saturated heterocycles. The maximum absolute atomic E-state index is 5.16. The lowest BCUT2D eigenvalue weighted by Gasteiger charge is -2.16. The molecule has 3 heteroatoms. The molecule has 0 heterocycles. The fourth-order valence-electron chi connectivity index (χ4n) is 1.77. The van der Waals surface area contributed by atoms with Crippen molar-refractivity contribution in [2.75, 3.05) is 12.4 Å². The molecule has 0 amide bonds. The van der Waals surface area contributed by atoms with Gasteiger partial charge >= 0.3 is 0 Å². The second-order valence-electron chi connectivity index (χ2n) is 4.15. The van der Waals surface area contributed by atoms with E-state index in [0.29, 0.717) is 0 Å². The summed E-state index contributed by atoms with van der Waals surface area (Å²) < 4.78 is 6.40. The first-order chi connectivity index (χ1) is 8.69. The smallest absolute Gasteiger partial charge is 0.118 e. The van der Waals surface area contributed by atoms with E-state index in [-0.39, 0.29) is 6.04 Å². The van der Waals surface area contributed by atoms with Crippen LogP contribution in [-0.2, 0) is 0 Å². The highest BCUT2D eigenvalue weighted by molar-refractivity contribution is 14.1. The monoisotopic (exact) mass is 353 g/mol. The van der Waals surface area contributed by atoms with Gasteiger partial charge in [0.15, 0.2) is 0 Å². The van der Waals surface area contributed by atoms with Gasteiger partial charge in [-0.05, 0) is 71.5 Å². The first kappa shape index (κ1) is 13.2. The molecule has 0 aliphatic carbocycles. The zero-order chi connectivity index (χ0) is 13.0. The summed E-state index contributed by atoms with van der Waals surface area (Å²) in [4.78, 5) is 0. The number of rotatable bonds is 4. The van der Waals surface area contributed by atoms with E-state index < -0.39 is 0 Å². The Hall–Kier alpha value is -1.23. The molecule has 94 valence electrons. The molecule has 0 aliphatic heterocycles. The molecule has 0 spiro atoms. The molecule has 1 atom stereocenters. The van der Waals surface area contributed by atoms with Crippen LogP contribution in [0.15, 0.2) is 48.5 Å². The Morgan fingerprint density at radius 2 is 1.61 bits per heavy atom. The van der Waals surface area contributed by atoms with Crippen molar-refractivity contribution in [2.24, 2.45) is 0 Å². The Morgan fingerprint density at radius 1 is 1.00 bits per heavy atom. The van der Waals surface area contributed by atoms with Gasteiger partial charge in [0.2, 0.25) is 0 Å². The number of hydrogen-bond donors (Lipinski definition) is 1. The predicted molar refractivity (Wildman–Crippen MR) is 84.2 cm³/mol. The highest BCUT2D eigenvalue weighted by atomic mass is 127. The summed E-state index contributed by atoms with van der Waals surface area (Å²) in [5.74, 6) is 0.889. The lowest BCUT2D eigenvalue weighted by atomic mass is 10.1. The van der Waals surface area contributed by atoms with E-state index in [1.54, 1.807) is 7.11 Å². The molecule has 0 fully saturated rings. The minimum Gasteiger partial charge on any atom is -0.497 e. The van der Waals surface area contributed by atoms with Crippen LogP contribution in [0.4, 0.5) is 5.69 Å². The minimum atomic E-state index is 0.274.